The molecule has 0 unspecified atom stereocenters. The van der Waals surface area contributed by atoms with Crippen molar-refractivity contribution in [1.82, 2.24) is 5.32 Å². The molecule has 0 aliphatic carbocycles. The molecule has 1 N–H and O–H groups in total. The third-order valence-corrected chi connectivity index (χ3v) is 6.59. The summed E-state index contributed by atoms with van der Waals surface area (Å²) < 4.78 is 12.1. The fourth-order valence-corrected chi connectivity index (χ4v) is 4.49. The average molecular weight is 594 g/mol. The molecule has 0 atom stereocenters. The number of hydrogen-bond acceptors (Lipinski definition) is 7. The summed E-state index contributed by atoms with van der Waals surface area (Å²) in [5.74, 6) is -0.899. The van der Waals surface area contributed by atoms with Crippen molar-refractivity contribution < 1.29 is 28.8 Å². The number of anilines is 1. The quantitative estimate of drug-likeness (QED) is 0.155. The van der Waals surface area contributed by atoms with E-state index in [-0.39, 0.29) is 17.9 Å². The molecule has 3 aromatic carbocycles. The van der Waals surface area contributed by atoms with Crippen LogP contribution in [0, 0.1) is 24.0 Å². The first-order chi connectivity index (χ1) is 18.6. The van der Waals surface area contributed by atoms with Crippen LogP contribution in [0.25, 0.3) is 6.08 Å². The zero-order valence-corrected chi connectivity index (χ0v) is 22.9. The number of urea groups is 1. The van der Waals surface area contributed by atoms with Gasteiger partial charge in [0.25, 0.3) is 17.5 Å². The maximum absolute atomic E-state index is 13.3. The van der Waals surface area contributed by atoms with E-state index in [1.165, 1.54) is 18.2 Å². The monoisotopic (exact) mass is 593 g/mol. The van der Waals surface area contributed by atoms with Gasteiger partial charge < -0.3 is 9.47 Å². The van der Waals surface area contributed by atoms with Crippen LogP contribution in [-0.2, 0) is 16.2 Å². The van der Waals surface area contributed by atoms with Crippen molar-refractivity contribution in [2.24, 2.45) is 0 Å². The molecular weight excluding hydrogens is 570 g/mol. The number of ether oxygens (including phenoxy) is 2. The number of carbonyl (C=O) groups is 3. The van der Waals surface area contributed by atoms with Gasteiger partial charge in [-0.05, 0) is 89.3 Å². The number of aryl methyl sites for hydroxylation is 2. The highest BCUT2D eigenvalue weighted by molar-refractivity contribution is 9.10. The van der Waals surface area contributed by atoms with Crippen LogP contribution in [0.2, 0.25) is 0 Å². The molecule has 4 amide bonds. The molecule has 3 aromatic rings. The Hall–Kier alpha value is -4.51. The maximum atomic E-state index is 13.3. The lowest BCUT2D eigenvalue weighted by Crippen LogP contribution is -2.54. The average Bonchev–Trinajstić information content (AvgIpc) is 2.88. The van der Waals surface area contributed by atoms with Gasteiger partial charge in [-0.25, -0.2) is 9.69 Å². The normalized spacial score (nSPS) is 14.4. The van der Waals surface area contributed by atoms with Gasteiger partial charge in [-0.2, -0.15) is 0 Å². The van der Waals surface area contributed by atoms with Crippen LogP contribution in [0.3, 0.4) is 0 Å². The van der Waals surface area contributed by atoms with E-state index in [0.29, 0.717) is 39.4 Å². The van der Waals surface area contributed by atoms with Crippen molar-refractivity contribution in [3.63, 3.8) is 0 Å². The molecule has 10 nitrogen and oxygen atoms in total. The van der Waals surface area contributed by atoms with Crippen molar-refractivity contribution in [3.05, 3.63) is 97.0 Å². The number of nitrogens with zero attached hydrogens (tertiary/aromatic N) is 2. The summed E-state index contributed by atoms with van der Waals surface area (Å²) in [6, 6.07) is 13.6. The van der Waals surface area contributed by atoms with Gasteiger partial charge in [0.15, 0.2) is 11.5 Å². The zero-order valence-electron chi connectivity index (χ0n) is 21.3. The number of benzene rings is 3. The summed E-state index contributed by atoms with van der Waals surface area (Å²) in [7, 11) is 0. The minimum absolute atomic E-state index is 0.0364. The summed E-state index contributed by atoms with van der Waals surface area (Å²) in [6.45, 7) is 5.90. The topological polar surface area (TPSA) is 128 Å². The fraction of sp³-hybridized carbons (Fsp3) is 0.179. The Balaban J connectivity index is 1.65. The number of nitrogens with one attached hydrogen (secondary N) is 1. The highest BCUT2D eigenvalue weighted by atomic mass is 79.9. The number of rotatable bonds is 8. The number of imide groups is 2. The highest BCUT2D eigenvalue weighted by Crippen LogP contribution is 2.38. The number of nitro groups is 1. The van der Waals surface area contributed by atoms with Crippen LogP contribution in [0.15, 0.2) is 64.6 Å². The molecule has 1 aliphatic rings. The van der Waals surface area contributed by atoms with Crippen LogP contribution in [0.5, 0.6) is 11.5 Å². The molecule has 4 rings (SSSR count). The lowest BCUT2D eigenvalue weighted by atomic mass is 10.0. The molecule has 0 spiro atoms. The van der Waals surface area contributed by atoms with Gasteiger partial charge in [-0.1, -0.05) is 18.2 Å². The van der Waals surface area contributed by atoms with Gasteiger partial charge >= 0.3 is 6.03 Å². The second kappa shape index (κ2) is 11.5. The van der Waals surface area contributed by atoms with Crippen molar-refractivity contribution >= 4 is 51.2 Å². The number of carbonyl (C=O) groups excluding carboxylic acids is 3. The molecule has 1 saturated heterocycles. The van der Waals surface area contributed by atoms with Crippen LogP contribution < -0.4 is 19.7 Å². The number of halogens is 1. The first-order valence-electron chi connectivity index (χ1n) is 11.9. The Kier molecular flexibility index (Phi) is 8.10. The minimum atomic E-state index is -0.827. The first kappa shape index (κ1) is 27.5. The molecule has 1 fully saturated rings. The molecule has 200 valence electrons. The van der Waals surface area contributed by atoms with E-state index in [1.54, 1.807) is 49.4 Å². The predicted molar refractivity (Wildman–Crippen MR) is 148 cm³/mol. The Morgan fingerprint density at radius 3 is 2.49 bits per heavy atom. The third-order valence-electron chi connectivity index (χ3n) is 6.00. The van der Waals surface area contributed by atoms with E-state index in [1.807, 2.05) is 13.8 Å². The zero-order chi connectivity index (χ0) is 28.3. The molecule has 39 heavy (non-hydrogen) atoms. The van der Waals surface area contributed by atoms with E-state index in [2.05, 4.69) is 21.2 Å². The summed E-state index contributed by atoms with van der Waals surface area (Å²) in [6.07, 6.45) is 1.37. The molecule has 0 bridgehead atoms. The molecule has 0 aromatic heterocycles. The Labute approximate surface area is 232 Å². The lowest BCUT2D eigenvalue weighted by molar-refractivity contribution is -0.384. The van der Waals surface area contributed by atoms with Crippen molar-refractivity contribution in [2.75, 3.05) is 11.5 Å². The van der Waals surface area contributed by atoms with Crippen molar-refractivity contribution in [3.8, 4) is 11.5 Å². The van der Waals surface area contributed by atoms with Crippen LogP contribution in [0.1, 0.15) is 29.2 Å². The van der Waals surface area contributed by atoms with Gasteiger partial charge in [-0.15, -0.1) is 0 Å². The molecule has 0 radical (unpaired) electrons. The fourth-order valence-electron chi connectivity index (χ4n) is 3.91. The van der Waals surface area contributed by atoms with Crippen molar-refractivity contribution in [2.45, 2.75) is 27.4 Å². The van der Waals surface area contributed by atoms with Gasteiger partial charge in [0, 0.05) is 12.1 Å². The second-order valence-electron chi connectivity index (χ2n) is 8.71. The highest BCUT2D eigenvalue weighted by Gasteiger charge is 2.37. The van der Waals surface area contributed by atoms with Crippen LogP contribution in [-0.4, -0.2) is 29.4 Å². The van der Waals surface area contributed by atoms with E-state index in [0.717, 1.165) is 16.0 Å². The number of amides is 4. The summed E-state index contributed by atoms with van der Waals surface area (Å²) >= 11 is 3.45. The summed E-state index contributed by atoms with van der Waals surface area (Å²) in [5.41, 5.74) is 2.99. The number of hydrogen-bond donors (Lipinski definition) is 1. The standard InChI is InChI=1S/C28H24BrN3O7/c1-4-38-24-14-19(13-23(29)25(24)39-15-18-6-5-7-21(11-18)32(36)37)12-22-26(33)30-28(35)31(27(22)34)20-9-8-16(2)17(3)10-20/h5-14H,4,15H2,1-3H3,(H,30,33,35)/b22-12+. The largest absolute Gasteiger partial charge is 0.490 e. The molecule has 1 heterocycles. The van der Waals surface area contributed by atoms with Crippen LogP contribution in [0.4, 0.5) is 16.2 Å². The molecule has 11 heteroatoms. The van der Waals surface area contributed by atoms with Gasteiger partial charge in [-0.3, -0.25) is 25.0 Å². The smallest absolute Gasteiger partial charge is 0.335 e. The predicted octanol–water partition coefficient (Wildman–Crippen LogP) is 5.62. The van der Waals surface area contributed by atoms with E-state index in [9.17, 15) is 24.5 Å². The van der Waals surface area contributed by atoms with Crippen LogP contribution >= 0.6 is 15.9 Å². The van der Waals surface area contributed by atoms with Gasteiger partial charge in [0.1, 0.15) is 12.2 Å². The Morgan fingerprint density at radius 1 is 1.03 bits per heavy atom. The first-order valence-corrected chi connectivity index (χ1v) is 12.7. The summed E-state index contributed by atoms with van der Waals surface area (Å²) in [5, 5.41) is 13.3. The lowest BCUT2D eigenvalue weighted by Gasteiger charge is -2.27. The summed E-state index contributed by atoms with van der Waals surface area (Å²) in [4.78, 5) is 50.0. The van der Waals surface area contributed by atoms with Crippen molar-refractivity contribution in [1.29, 1.82) is 0 Å². The Morgan fingerprint density at radius 2 is 1.79 bits per heavy atom. The molecule has 1 aliphatic heterocycles. The van der Waals surface area contributed by atoms with E-state index in [4.69, 9.17) is 9.47 Å². The van der Waals surface area contributed by atoms with E-state index >= 15 is 0 Å². The van der Waals surface area contributed by atoms with Gasteiger partial charge in [0.2, 0.25) is 0 Å². The third kappa shape index (κ3) is 5.99. The SMILES string of the molecule is CCOc1cc(/C=C2\C(=O)NC(=O)N(c3ccc(C)c(C)c3)C2=O)cc(Br)c1OCc1cccc([N+](=O)[O-])c1. The minimum Gasteiger partial charge on any atom is -0.490 e. The van der Waals surface area contributed by atoms with E-state index < -0.39 is 22.8 Å². The molecule has 0 saturated carbocycles. The van der Waals surface area contributed by atoms with Gasteiger partial charge in [0.05, 0.1) is 21.7 Å². The number of nitro benzene ring substituents is 1. The molecular formula is C28H24BrN3O7. The number of barbiturate groups is 1. The Bertz CT molecular complexity index is 1530. The maximum Gasteiger partial charge on any atom is 0.335 e. The number of non-ortho nitro benzene ring substituents is 1. The second-order valence-corrected chi connectivity index (χ2v) is 9.56.